The van der Waals surface area contributed by atoms with Gasteiger partial charge in [0.05, 0.1) is 18.2 Å². The fourth-order valence-electron chi connectivity index (χ4n) is 2.27. The van der Waals surface area contributed by atoms with E-state index in [1.54, 1.807) is 6.07 Å². The zero-order chi connectivity index (χ0) is 18.4. The summed E-state index contributed by atoms with van der Waals surface area (Å²) in [4.78, 5) is 19.1. The molecule has 0 radical (unpaired) electrons. The van der Waals surface area contributed by atoms with Gasteiger partial charge in [-0.25, -0.2) is 0 Å². The SMILES string of the molecule is CN=C(N)NC(=O)c1cc2c(OC(C)C)ccc(OCCCN)c2[nH]1. The van der Waals surface area contributed by atoms with E-state index in [0.29, 0.717) is 35.9 Å². The molecule has 25 heavy (non-hydrogen) atoms. The number of aliphatic imine (C=N–C) groups is 1. The van der Waals surface area contributed by atoms with Crippen molar-refractivity contribution < 1.29 is 14.3 Å². The van der Waals surface area contributed by atoms with Crippen LogP contribution in [0, 0.1) is 0 Å². The maximum absolute atomic E-state index is 12.3. The van der Waals surface area contributed by atoms with Crippen LogP contribution in [0.2, 0.25) is 0 Å². The normalized spacial score (nSPS) is 11.8. The van der Waals surface area contributed by atoms with Gasteiger partial charge in [0.2, 0.25) is 0 Å². The van der Waals surface area contributed by atoms with Crippen LogP contribution in [-0.2, 0) is 0 Å². The molecule has 136 valence electrons. The Hall–Kier alpha value is -2.74. The summed E-state index contributed by atoms with van der Waals surface area (Å²) in [6.07, 6.45) is 0.741. The van der Waals surface area contributed by atoms with Crippen molar-refractivity contribution in [2.24, 2.45) is 16.5 Å². The van der Waals surface area contributed by atoms with Crippen molar-refractivity contribution in [3.05, 3.63) is 23.9 Å². The number of guanidine groups is 1. The first-order chi connectivity index (χ1) is 12.0. The Balaban J connectivity index is 2.42. The molecule has 1 aromatic carbocycles. The molecule has 1 amide bonds. The lowest BCUT2D eigenvalue weighted by molar-refractivity contribution is 0.0972. The number of rotatable bonds is 7. The van der Waals surface area contributed by atoms with Crippen molar-refractivity contribution in [2.45, 2.75) is 26.4 Å². The highest BCUT2D eigenvalue weighted by Crippen LogP contribution is 2.34. The molecule has 0 aliphatic carbocycles. The topological polar surface area (TPSA) is 128 Å². The van der Waals surface area contributed by atoms with Crippen LogP contribution in [-0.4, -0.2) is 43.2 Å². The van der Waals surface area contributed by atoms with Gasteiger partial charge in [-0.05, 0) is 45.0 Å². The highest BCUT2D eigenvalue weighted by Gasteiger charge is 2.17. The molecule has 0 atom stereocenters. The lowest BCUT2D eigenvalue weighted by atomic mass is 10.2. The largest absolute Gasteiger partial charge is 0.491 e. The van der Waals surface area contributed by atoms with E-state index in [2.05, 4.69) is 15.3 Å². The third-order valence-electron chi connectivity index (χ3n) is 3.41. The molecule has 1 aromatic heterocycles. The number of benzene rings is 1. The van der Waals surface area contributed by atoms with Crippen molar-refractivity contribution in [3.8, 4) is 11.5 Å². The van der Waals surface area contributed by atoms with E-state index in [1.807, 2.05) is 26.0 Å². The van der Waals surface area contributed by atoms with Gasteiger partial charge < -0.3 is 25.9 Å². The first kappa shape index (κ1) is 18.6. The van der Waals surface area contributed by atoms with Crippen molar-refractivity contribution in [2.75, 3.05) is 20.2 Å². The molecule has 0 aliphatic rings. The average Bonchev–Trinajstić information content (AvgIpc) is 3.02. The third-order valence-corrected chi connectivity index (χ3v) is 3.41. The molecule has 0 spiro atoms. The molecule has 0 unspecified atom stereocenters. The summed E-state index contributed by atoms with van der Waals surface area (Å²) in [5.41, 5.74) is 12.1. The summed E-state index contributed by atoms with van der Waals surface area (Å²) in [6.45, 7) is 4.92. The molecule has 0 saturated heterocycles. The molecule has 0 aliphatic heterocycles. The van der Waals surface area contributed by atoms with E-state index in [-0.39, 0.29) is 18.0 Å². The third kappa shape index (κ3) is 4.63. The highest BCUT2D eigenvalue weighted by molar-refractivity contribution is 6.07. The zero-order valence-corrected chi connectivity index (χ0v) is 14.8. The summed E-state index contributed by atoms with van der Waals surface area (Å²) in [6, 6.07) is 5.36. The molecule has 8 nitrogen and oxygen atoms in total. The van der Waals surface area contributed by atoms with Crippen LogP contribution in [0.25, 0.3) is 10.9 Å². The number of H-pyrrole nitrogens is 1. The summed E-state index contributed by atoms with van der Waals surface area (Å²) in [5.74, 6) is 0.962. The predicted molar refractivity (Wildman–Crippen MR) is 98.2 cm³/mol. The molecular formula is C17H25N5O3. The Bertz CT molecular complexity index is 767. The molecule has 0 bridgehead atoms. The first-order valence-corrected chi connectivity index (χ1v) is 8.15. The molecular weight excluding hydrogens is 322 g/mol. The van der Waals surface area contributed by atoms with Crippen molar-refractivity contribution in [1.82, 2.24) is 10.3 Å². The van der Waals surface area contributed by atoms with E-state index in [0.717, 1.165) is 11.8 Å². The first-order valence-electron chi connectivity index (χ1n) is 8.15. The second-order valence-electron chi connectivity index (χ2n) is 5.75. The number of nitrogens with two attached hydrogens (primary N) is 2. The number of aromatic amines is 1. The van der Waals surface area contributed by atoms with Crippen LogP contribution in [0.15, 0.2) is 23.2 Å². The monoisotopic (exact) mass is 347 g/mol. The second kappa shape index (κ2) is 8.39. The maximum Gasteiger partial charge on any atom is 0.274 e. The van der Waals surface area contributed by atoms with Crippen LogP contribution in [0.5, 0.6) is 11.5 Å². The zero-order valence-electron chi connectivity index (χ0n) is 14.8. The maximum atomic E-state index is 12.3. The average molecular weight is 347 g/mol. The molecule has 2 aromatic rings. The lowest BCUT2D eigenvalue weighted by Crippen LogP contribution is -2.36. The number of amides is 1. The highest BCUT2D eigenvalue weighted by atomic mass is 16.5. The minimum atomic E-state index is -0.386. The molecule has 6 N–H and O–H groups in total. The Morgan fingerprint density at radius 1 is 1.36 bits per heavy atom. The second-order valence-corrected chi connectivity index (χ2v) is 5.75. The number of hydrogen-bond acceptors (Lipinski definition) is 5. The summed E-state index contributed by atoms with van der Waals surface area (Å²) in [7, 11) is 1.50. The van der Waals surface area contributed by atoms with E-state index >= 15 is 0 Å². The number of carbonyl (C=O) groups is 1. The number of nitrogens with zero attached hydrogens (tertiary/aromatic N) is 1. The Morgan fingerprint density at radius 3 is 2.72 bits per heavy atom. The van der Waals surface area contributed by atoms with E-state index in [9.17, 15) is 4.79 Å². The van der Waals surface area contributed by atoms with Crippen molar-refractivity contribution >= 4 is 22.8 Å². The van der Waals surface area contributed by atoms with Crippen LogP contribution >= 0.6 is 0 Å². The number of hydrogen-bond donors (Lipinski definition) is 4. The molecule has 8 heteroatoms. The van der Waals surface area contributed by atoms with Gasteiger partial charge in [-0.1, -0.05) is 0 Å². The quantitative estimate of drug-likeness (QED) is 0.341. The van der Waals surface area contributed by atoms with Crippen LogP contribution in [0.3, 0.4) is 0 Å². The lowest BCUT2D eigenvalue weighted by Gasteiger charge is -2.13. The van der Waals surface area contributed by atoms with Gasteiger partial charge >= 0.3 is 0 Å². The Kier molecular flexibility index (Phi) is 6.24. The Labute approximate surface area is 146 Å². The summed E-state index contributed by atoms with van der Waals surface area (Å²) < 4.78 is 11.6. The number of carbonyl (C=O) groups excluding carboxylic acids is 1. The molecule has 1 heterocycles. The predicted octanol–water partition coefficient (Wildman–Crippen LogP) is 1.36. The standard InChI is InChI=1S/C17H25N5O3/c1-10(2)25-13-5-6-14(24-8-4-7-18)15-11(13)9-12(21-15)16(23)22-17(19)20-3/h5-6,9-10,21H,4,7-8,18H2,1-3H3,(H3,19,20,22,23). The van der Waals surface area contributed by atoms with Gasteiger partial charge in [0.1, 0.15) is 17.2 Å². The van der Waals surface area contributed by atoms with Gasteiger partial charge in [0.25, 0.3) is 5.91 Å². The number of aromatic nitrogens is 1. The van der Waals surface area contributed by atoms with Crippen molar-refractivity contribution in [3.63, 3.8) is 0 Å². The van der Waals surface area contributed by atoms with Crippen molar-refractivity contribution in [1.29, 1.82) is 0 Å². The minimum absolute atomic E-state index is 0.00209. The fraction of sp³-hybridized carbons (Fsp3) is 0.412. The van der Waals surface area contributed by atoms with E-state index < -0.39 is 0 Å². The van der Waals surface area contributed by atoms with Gasteiger partial charge in [-0.15, -0.1) is 0 Å². The van der Waals surface area contributed by atoms with Crippen LogP contribution in [0.4, 0.5) is 0 Å². The number of nitrogens with one attached hydrogen (secondary N) is 2. The van der Waals surface area contributed by atoms with Gasteiger partial charge in [0, 0.05) is 12.4 Å². The molecule has 0 fully saturated rings. The van der Waals surface area contributed by atoms with Gasteiger partial charge in [-0.3, -0.25) is 15.1 Å². The van der Waals surface area contributed by atoms with E-state index in [4.69, 9.17) is 20.9 Å². The molecule has 2 rings (SSSR count). The smallest absolute Gasteiger partial charge is 0.274 e. The van der Waals surface area contributed by atoms with Gasteiger partial charge in [-0.2, -0.15) is 0 Å². The molecule has 0 saturated carbocycles. The fourth-order valence-corrected chi connectivity index (χ4v) is 2.27. The number of fused-ring (bicyclic) bond motifs is 1. The minimum Gasteiger partial charge on any atom is -0.491 e. The number of ether oxygens (including phenoxy) is 2. The Morgan fingerprint density at radius 2 is 2.08 bits per heavy atom. The summed E-state index contributed by atoms with van der Waals surface area (Å²) >= 11 is 0. The van der Waals surface area contributed by atoms with E-state index in [1.165, 1.54) is 7.05 Å². The van der Waals surface area contributed by atoms with Gasteiger partial charge in [0.15, 0.2) is 5.96 Å². The summed E-state index contributed by atoms with van der Waals surface area (Å²) in [5, 5.41) is 3.26. The van der Waals surface area contributed by atoms with Crippen LogP contribution < -0.4 is 26.3 Å². The van der Waals surface area contributed by atoms with Crippen LogP contribution in [0.1, 0.15) is 30.8 Å².